The molecule has 0 aromatic heterocycles. The second kappa shape index (κ2) is 9.14. The molecule has 1 amide bonds. The zero-order valence-corrected chi connectivity index (χ0v) is 18.7. The molecule has 0 unspecified atom stereocenters. The molecule has 0 bridgehead atoms. The average Bonchev–Trinajstić information content (AvgIpc) is 2.87. The maximum absolute atomic E-state index is 13.4. The highest BCUT2D eigenvalue weighted by Crippen LogP contribution is 2.37. The molecule has 1 fully saturated rings. The zero-order chi connectivity index (χ0) is 22.8. The predicted octanol–water partition coefficient (Wildman–Crippen LogP) is 4.02. The molecular weight excluding hydrogens is 417 g/mol. The summed E-state index contributed by atoms with van der Waals surface area (Å²) in [5.74, 6) is 0.439. The molecule has 33 heavy (non-hydrogen) atoms. The zero-order valence-electron chi connectivity index (χ0n) is 18.7. The van der Waals surface area contributed by atoms with E-state index in [1.54, 1.807) is 19.2 Å². The first-order chi connectivity index (χ1) is 16.1. The Bertz CT molecular complexity index is 1120. The normalized spacial score (nSPS) is 19.5. The van der Waals surface area contributed by atoms with Gasteiger partial charge in [-0.05, 0) is 60.0 Å². The summed E-state index contributed by atoms with van der Waals surface area (Å²) in [5, 5.41) is 3.10. The van der Waals surface area contributed by atoms with Crippen molar-refractivity contribution in [2.24, 2.45) is 5.92 Å². The van der Waals surface area contributed by atoms with Crippen molar-refractivity contribution in [1.82, 2.24) is 5.32 Å². The van der Waals surface area contributed by atoms with E-state index in [1.807, 2.05) is 18.2 Å². The van der Waals surface area contributed by atoms with Gasteiger partial charge in [-0.15, -0.1) is 0 Å². The minimum Gasteiger partial charge on any atom is -0.497 e. The van der Waals surface area contributed by atoms with E-state index in [9.17, 15) is 9.18 Å². The fraction of sp³-hybridized carbons (Fsp3) is 0.296. The number of methoxy groups -OCH3 is 1. The second-order valence-electron chi connectivity index (χ2n) is 8.69. The van der Waals surface area contributed by atoms with Crippen LogP contribution < -0.4 is 19.9 Å². The quantitative estimate of drug-likeness (QED) is 0.645. The molecule has 3 aromatic rings. The van der Waals surface area contributed by atoms with E-state index < -0.39 is 0 Å². The number of halogens is 1. The number of ether oxygens (including phenoxy) is 1. The number of amides is 1. The van der Waals surface area contributed by atoms with Crippen molar-refractivity contribution in [3.63, 3.8) is 0 Å². The van der Waals surface area contributed by atoms with Crippen LogP contribution in [0.3, 0.4) is 0 Å². The van der Waals surface area contributed by atoms with Gasteiger partial charge in [0.2, 0.25) is 5.91 Å². The number of fused-ring (bicyclic) bond motifs is 3. The SMILES string of the molecule is COc1ccc(N2CCN3c4ccccc4C[C@@H](C(=O)NCc4ccc(F)cc4)[C@H]3C2)cc1. The number of para-hydroxylation sites is 1. The lowest BCUT2D eigenvalue weighted by Gasteiger charge is -2.49. The number of hydrogen-bond acceptors (Lipinski definition) is 4. The van der Waals surface area contributed by atoms with Crippen LogP contribution in [-0.2, 0) is 17.8 Å². The monoisotopic (exact) mass is 445 g/mol. The molecule has 0 radical (unpaired) electrons. The van der Waals surface area contributed by atoms with Crippen molar-refractivity contribution in [1.29, 1.82) is 0 Å². The van der Waals surface area contributed by atoms with Crippen molar-refractivity contribution < 1.29 is 13.9 Å². The minimum atomic E-state index is -0.273. The van der Waals surface area contributed by atoms with Gasteiger partial charge in [-0.1, -0.05) is 30.3 Å². The van der Waals surface area contributed by atoms with E-state index in [2.05, 4.69) is 45.4 Å². The van der Waals surface area contributed by atoms with Gasteiger partial charge in [0.1, 0.15) is 11.6 Å². The fourth-order valence-corrected chi connectivity index (χ4v) is 5.01. The van der Waals surface area contributed by atoms with Crippen LogP contribution in [0.2, 0.25) is 0 Å². The number of nitrogens with one attached hydrogen (secondary N) is 1. The van der Waals surface area contributed by atoms with Gasteiger partial charge in [-0.25, -0.2) is 4.39 Å². The van der Waals surface area contributed by atoms with Gasteiger partial charge < -0.3 is 19.9 Å². The van der Waals surface area contributed by atoms with E-state index in [4.69, 9.17) is 4.74 Å². The molecule has 2 atom stereocenters. The fourth-order valence-electron chi connectivity index (χ4n) is 5.01. The molecule has 1 saturated heterocycles. The van der Waals surface area contributed by atoms with Gasteiger partial charge in [0.15, 0.2) is 0 Å². The largest absolute Gasteiger partial charge is 0.497 e. The Kier molecular flexibility index (Phi) is 5.90. The van der Waals surface area contributed by atoms with Crippen molar-refractivity contribution in [2.45, 2.75) is 19.0 Å². The molecule has 3 aromatic carbocycles. The third kappa shape index (κ3) is 4.38. The Balaban J connectivity index is 1.37. The van der Waals surface area contributed by atoms with E-state index in [1.165, 1.54) is 23.4 Å². The van der Waals surface area contributed by atoms with Crippen LogP contribution in [0.1, 0.15) is 11.1 Å². The van der Waals surface area contributed by atoms with Gasteiger partial charge in [-0.3, -0.25) is 4.79 Å². The van der Waals surface area contributed by atoms with Crippen LogP contribution in [0.25, 0.3) is 0 Å². The molecule has 170 valence electrons. The second-order valence-corrected chi connectivity index (χ2v) is 8.69. The lowest BCUT2D eigenvalue weighted by atomic mass is 9.83. The molecular formula is C27H28FN3O2. The highest BCUT2D eigenvalue weighted by Gasteiger charge is 2.41. The Morgan fingerprint density at radius 3 is 2.55 bits per heavy atom. The summed E-state index contributed by atoms with van der Waals surface area (Å²) in [6, 6.07) is 22.9. The van der Waals surface area contributed by atoms with E-state index >= 15 is 0 Å². The van der Waals surface area contributed by atoms with E-state index in [-0.39, 0.29) is 23.7 Å². The highest BCUT2D eigenvalue weighted by molar-refractivity contribution is 5.82. The number of carbonyl (C=O) groups is 1. The lowest BCUT2D eigenvalue weighted by Crippen LogP contribution is -2.61. The number of nitrogens with zero attached hydrogens (tertiary/aromatic N) is 2. The smallest absolute Gasteiger partial charge is 0.225 e. The predicted molar refractivity (Wildman–Crippen MR) is 128 cm³/mol. The lowest BCUT2D eigenvalue weighted by molar-refractivity contribution is -0.126. The number of piperazine rings is 1. The number of hydrogen-bond donors (Lipinski definition) is 1. The van der Waals surface area contributed by atoms with Crippen LogP contribution in [0, 0.1) is 11.7 Å². The molecule has 1 N–H and O–H groups in total. The summed E-state index contributed by atoms with van der Waals surface area (Å²) >= 11 is 0. The Labute approximate surface area is 193 Å². The average molecular weight is 446 g/mol. The maximum atomic E-state index is 13.4. The van der Waals surface area contributed by atoms with Gasteiger partial charge in [0.05, 0.1) is 19.1 Å². The third-order valence-corrected chi connectivity index (χ3v) is 6.78. The third-order valence-electron chi connectivity index (χ3n) is 6.78. The summed E-state index contributed by atoms with van der Waals surface area (Å²) in [5.41, 5.74) is 4.48. The number of carbonyl (C=O) groups excluding carboxylic acids is 1. The van der Waals surface area contributed by atoms with Crippen LogP contribution in [0.15, 0.2) is 72.8 Å². The molecule has 5 rings (SSSR count). The van der Waals surface area contributed by atoms with Crippen molar-refractivity contribution >= 4 is 17.3 Å². The first kappa shape index (κ1) is 21.3. The molecule has 0 spiro atoms. The van der Waals surface area contributed by atoms with Crippen molar-refractivity contribution in [3.05, 3.63) is 89.7 Å². The molecule has 2 heterocycles. The summed E-state index contributed by atoms with van der Waals surface area (Å²) in [6.45, 7) is 2.91. The summed E-state index contributed by atoms with van der Waals surface area (Å²) in [7, 11) is 1.67. The van der Waals surface area contributed by atoms with Gasteiger partial charge >= 0.3 is 0 Å². The number of anilines is 2. The summed E-state index contributed by atoms with van der Waals surface area (Å²) in [4.78, 5) is 18.1. The van der Waals surface area contributed by atoms with Gasteiger partial charge in [-0.2, -0.15) is 0 Å². The summed E-state index contributed by atoms with van der Waals surface area (Å²) in [6.07, 6.45) is 0.711. The minimum absolute atomic E-state index is 0.0420. The van der Waals surface area contributed by atoms with Crippen LogP contribution in [-0.4, -0.2) is 38.7 Å². The van der Waals surface area contributed by atoms with Crippen molar-refractivity contribution in [3.8, 4) is 5.75 Å². The highest BCUT2D eigenvalue weighted by atomic mass is 19.1. The first-order valence-corrected chi connectivity index (χ1v) is 11.4. The molecule has 5 nitrogen and oxygen atoms in total. The molecule has 2 aliphatic rings. The Morgan fingerprint density at radius 2 is 1.79 bits per heavy atom. The van der Waals surface area contributed by atoms with Crippen LogP contribution in [0.4, 0.5) is 15.8 Å². The topological polar surface area (TPSA) is 44.8 Å². The van der Waals surface area contributed by atoms with Gasteiger partial charge in [0.25, 0.3) is 0 Å². The summed E-state index contributed by atoms with van der Waals surface area (Å²) < 4.78 is 18.5. The Morgan fingerprint density at radius 1 is 1.03 bits per heavy atom. The first-order valence-electron chi connectivity index (χ1n) is 11.4. The van der Waals surface area contributed by atoms with Crippen LogP contribution in [0.5, 0.6) is 5.75 Å². The molecule has 0 saturated carbocycles. The van der Waals surface area contributed by atoms with Gasteiger partial charge in [0, 0.05) is 37.6 Å². The Hall–Kier alpha value is -3.54. The molecule has 2 aliphatic heterocycles. The number of rotatable bonds is 5. The maximum Gasteiger partial charge on any atom is 0.225 e. The molecule has 0 aliphatic carbocycles. The standard InChI is InChI=1S/C27H28FN3O2/c1-33-23-12-10-22(11-13-23)30-14-15-31-25-5-3-2-4-20(25)16-24(26(31)18-30)27(32)29-17-19-6-8-21(28)9-7-19/h2-13,24,26H,14-18H2,1H3,(H,29,32)/t24-,26-/m1/s1. The van der Waals surface area contributed by atoms with Crippen molar-refractivity contribution in [2.75, 3.05) is 36.5 Å². The molecule has 6 heteroatoms. The van der Waals surface area contributed by atoms with E-state index in [0.717, 1.165) is 36.6 Å². The van der Waals surface area contributed by atoms with E-state index in [0.29, 0.717) is 13.0 Å². The van der Waals surface area contributed by atoms with Crippen LogP contribution >= 0.6 is 0 Å². The number of benzene rings is 3.